The molecule has 4 fully saturated rings. The van der Waals surface area contributed by atoms with Crippen molar-refractivity contribution >= 4 is 33.8 Å². The quantitative estimate of drug-likeness (QED) is 0.533. The van der Waals surface area contributed by atoms with Crippen molar-refractivity contribution in [2.45, 2.75) is 114 Å². The molecular formula is C27H48N4O2S2. The summed E-state index contributed by atoms with van der Waals surface area (Å²) in [6.45, 7) is 24.6. The molecule has 6 nitrogen and oxygen atoms in total. The molecule has 0 aromatic heterocycles. The van der Waals surface area contributed by atoms with E-state index in [1.807, 2.05) is 0 Å². The number of carbonyl (C=O) groups is 2. The Bertz CT molecular complexity index is 836. The summed E-state index contributed by atoms with van der Waals surface area (Å²) in [5, 5.41) is 0.651. The molecule has 0 aromatic carbocycles. The molecule has 4 heterocycles. The lowest BCUT2D eigenvalue weighted by Crippen LogP contribution is -2.63. The van der Waals surface area contributed by atoms with Crippen LogP contribution in [0.1, 0.15) is 87.5 Å². The van der Waals surface area contributed by atoms with Gasteiger partial charge in [0.15, 0.2) is 0 Å². The normalized spacial score (nSPS) is 33.0. The van der Waals surface area contributed by atoms with Crippen LogP contribution >= 0.6 is 23.5 Å². The standard InChI is InChI=1S/C27H48N4O2S2/c1-23(2,3)30-17-21(32)34-26(30)11-9-14-28(19-26)16-13-25(7,8)29-15-10-12-27(20-29)31(24(4,5)6)18-22(33)35-27/h9-20H2,1-8H3. The molecule has 200 valence electrons. The maximum absolute atomic E-state index is 12.6. The van der Waals surface area contributed by atoms with Crippen LogP contribution in [0, 0.1) is 0 Å². The van der Waals surface area contributed by atoms with Gasteiger partial charge < -0.3 is 4.90 Å². The van der Waals surface area contributed by atoms with E-state index in [0.717, 1.165) is 64.8 Å². The summed E-state index contributed by atoms with van der Waals surface area (Å²) in [6, 6.07) is 0. The molecule has 0 aliphatic carbocycles. The van der Waals surface area contributed by atoms with Gasteiger partial charge in [0.1, 0.15) is 0 Å². The van der Waals surface area contributed by atoms with Gasteiger partial charge in [-0.05, 0) is 107 Å². The molecule has 4 aliphatic heterocycles. The molecule has 4 rings (SSSR count). The van der Waals surface area contributed by atoms with Crippen LogP contribution in [-0.4, -0.2) is 102 Å². The Morgan fingerprint density at radius 1 is 0.743 bits per heavy atom. The lowest BCUT2D eigenvalue weighted by Gasteiger charge is -2.53. The van der Waals surface area contributed by atoms with Crippen LogP contribution in [0.2, 0.25) is 0 Å². The minimum atomic E-state index is -0.0892. The second kappa shape index (κ2) is 9.57. The van der Waals surface area contributed by atoms with E-state index in [2.05, 4.69) is 75.0 Å². The Morgan fingerprint density at radius 3 is 1.74 bits per heavy atom. The van der Waals surface area contributed by atoms with Crippen LogP contribution in [0.15, 0.2) is 0 Å². The molecule has 0 saturated carbocycles. The van der Waals surface area contributed by atoms with E-state index >= 15 is 0 Å². The second-order valence-corrected chi connectivity index (χ2v) is 16.7. The molecule has 4 saturated heterocycles. The predicted molar refractivity (Wildman–Crippen MR) is 149 cm³/mol. The third kappa shape index (κ3) is 5.68. The Morgan fingerprint density at radius 2 is 1.23 bits per heavy atom. The van der Waals surface area contributed by atoms with Gasteiger partial charge in [0.25, 0.3) is 0 Å². The van der Waals surface area contributed by atoms with Gasteiger partial charge in [0.2, 0.25) is 10.2 Å². The van der Waals surface area contributed by atoms with Crippen molar-refractivity contribution in [3.05, 3.63) is 0 Å². The van der Waals surface area contributed by atoms with Crippen LogP contribution in [-0.2, 0) is 9.59 Å². The number of carbonyl (C=O) groups excluding carboxylic acids is 2. The zero-order valence-electron chi connectivity index (χ0n) is 23.4. The van der Waals surface area contributed by atoms with Crippen molar-refractivity contribution in [3.63, 3.8) is 0 Å². The Hall–Kier alpha value is -0.120. The molecule has 0 amide bonds. The molecule has 0 radical (unpaired) electrons. The molecule has 2 spiro atoms. The second-order valence-electron chi connectivity index (χ2n) is 13.8. The van der Waals surface area contributed by atoms with E-state index in [9.17, 15) is 9.59 Å². The van der Waals surface area contributed by atoms with E-state index < -0.39 is 0 Å². The smallest absolute Gasteiger partial charge is 0.204 e. The van der Waals surface area contributed by atoms with Gasteiger partial charge in [-0.3, -0.25) is 24.3 Å². The van der Waals surface area contributed by atoms with Crippen LogP contribution < -0.4 is 0 Å². The van der Waals surface area contributed by atoms with Gasteiger partial charge in [-0.1, -0.05) is 23.5 Å². The number of thioether (sulfide) groups is 2. The van der Waals surface area contributed by atoms with Crippen molar-refractivity contribution in [2.24, 2.45) is 0 Å². The monoisotopic (exact) mass is 524 g/mol. The van der Waals surface area contributed by atoms with Crippen molar-refractivity contribution in [2.75, 3.05) is 45.8 Å². The average Bonchev–Trinajstić information content (AvgIpc) is 3.22. The Balaban J connectivity index is 1.42. The van der Waals surface area contributed by atoms with Crippen molar-refractivity contribution in [1.82, 2.24) is 19.6 Å². The van der Waals surface area contributed by atoms with E-state index in [1.54, 1.807) is 23.5 Å². The largest absolute Gasteiger partial charge is 0.301 e. The first-order chi connectivity index (χ1) is 16.1. The zero-order chi connectivity index (χ0) is 25.9. The molecule has 0 bridgehead atoms. The van der Waals surface area contributed by atoms with Gasteiger partial charge in [-0.15, -0.1) is 0 Å². The maximum atomic E-state index is 12.6. The van der Waals surface area contributed by atoms with Crippen molar-refractivity contribution in [1.29, 1.82) is 0 Å². The number of rotatable bonds is 4. The fraction of sp³-hybridized carbons (Fsp3) is 0.926. The van der Waals surface area contributed by atoms with Crippen LogP contribution in [0.4, 0.5) is 0 Å². The minimum absolute atomic E-state index is 0.00112. The molecule has 2 unspecified atom stereocenters. The number of likely N-dealkylation sites (tertiary alicyclic amines) is 2. The molecule has 8 heteroatoms. The third-order valence-corrected chi connectivity index (χ3v) is 11.2. The first-order valence-electron chi connectivity index (χ1n) is 13.5. The lowest BCUT2D eigenvalue weighted by atomic mass is 9.90. The van der Waals surface area contributed by atoms with Crippen LogP contribution in [0.25, 0.3) is 0 Å². The Labute approximate surface area is 222 Å². The highest BCUT2D eigenvalue weighted by atomic mass is 32.2. The lowest BCUT2D eigenvalue weighted by molar-refractivity contribution is -0.113. The molecule has 0 aromatic rings. The fourth-order valence-corrected chi connectivity index (χ4v) is 9.93. The van der Waals surface area contributed by atoms with Crippen molar-refractivity contribution in [3.8, 4) is 0 Å². The highest BCUT2D eigenvalue weighted by Gasteiger charge is 2.54. The first-order valence-corrected chi connectivity index (χ1v) is 15.2. The summed E-state index contributed by atoms with van der Waals surface area (Å²) in [5.41, 5.74) is 0.0543. The number of nitrogens with zero attached hydrogens (tertiary/aromatic N) is 4. The SMILES string of the molecule is CC(C)(C)N1CC(=O)SC12CCCN(CCC(C)(C)N1CCCC3(C1)SC(=O)CN3C(C)(C)C)C2. The van der Waals surface area contributed by atoms with Gasteiger partial charge in [0, 0.05) is 29.7 Å². The highest BCUT2D eigenvalue weighted by molar-refractivity contribution is 8.15. The number of hydrogen-bond acceptors (Lipinski definition) is 8. The van der Waals surface area contributed by atoms with Crippen LogP contribution in [0.5, 0.6) is 0 Å². The molecule has 0 N–H and O–H groups in total. The number of hydrogen-bond donors (Lipinski definition) is 0. The summed E-state index contributed by atoms with van der Waals surface area (Å²) >= 11 is 3.20. The summed E-state index contributed by atoms with van der Waals surface area (Å²) in [6.07, 6.45) is 5.59. The average molecular weight is 525 g/mol. The molecule has 4 aliphatic rings. The molecular weight excluding hydrogens is 476 g/mol. The fourth-order valence-electron chi connectivity index (χ4n) is 6.84. The number of piperidine rings is 2. The third-order valence-electron chi connectivity index (χ3n) is 8.63. The summed E-state index contributed by atoms with van der Waals surface area (Å²) in [5.74, 6) is 0. The summed E-state index contributed by atoms with van der Waals surface area (Å²) in [4.78, 5) is 35.1. The predicted octanol–water partition coefficient (Wildman–Crippen LogP) is 4.49. The topological polar surface area (TPSA) is 47.1 Å². The summed E-state index contributed by atoms with van der Waals surface area (Å²) < 4.78 is 0. The minimum Gasteiger partial charge on any atom is -0.301 e. The highest BCUT2D eigenvalue weighted by Crippen LogP contribution is 2.49. The van der Waals surface area contributed by atoms with E-state index in [1.165, 1.54) is 0 Å². The molecule has 2 atom stereocenters. The van der Waals surface area contributed by atoms with Crippen molar-refractivity contribution < 1.29 is 9.59 Å². The van der Waals surface area contributed by atoms with Crippen LogP contribution in [0.3, 0.4) is 0 Å². The zero-order valence-corrected chi connectivity index (χ0v) is 25.0. The Kier molecular flexibility index (Phi) is 7.63. The van der Waals surface area contributed by atoms with Gasteiger partial charge >= 0.3 is 0 Å². The summed E-state index contributed by atoms with van der Waals surface area (Å²) in [7, 11) is 0. The maximum Gasteiger partial charge on any atom is 0.204 e. The van der Waals surface area contributed by atoms with E-state index in [4.69, 9.17) is 0 Å². The first kappa shape index (κ1) is 27.9. The van der Waals surface area contributed by atoms with Gasteiger partial charge in [-0.25, -0.2) is 0 Å². The van der Waals surface area contributed by atoms with E-state index in [-0.39, 0.29) is 26.4 Å². The molecule has 35 heavy (non-hydrogen) atoms. The van der Waals surface area contributed by atoms with Gasteiger partial charge in [0.05, 0.1) is 22.8 Å². The van der Waals surface area contributed by atoms with E-state index in [0.29, 0.717) is 23.3 Å². The van der Waals surface area contributed by atoms with Gasteiger partial charge in [-0.2, -0.15) is 0 Å².